The van der Waals surface area contributed by atoms with Crippen LogP contribution < -0.4 is 0 Å². The van der Waals surface area contributed by atoms with Crippen LogP contribution in [-0.2, 0) is 19.4 Å². The monoisotopic (exact) mass is 333 g/mol. The first-order valence-electron chi connectivity index (χ1n) is 6.95. The Kier molecular flexibility index (Phi) is 4.18. The Balaban J connectivity index is 1.69. The van der Waals surface area contributed by atoms with Crippen LogP contribution in [0.25, 0.3) is 0 Å². The summed E-state index contributed by atoms with van der Waals surface area (Å²) in [6, 6.07) is 14.0. The number of nitrogens with zero attached hydrogens (tertiary/aromatic N) is 1. The van der Waals surface area contributed by atoms with Crippen LogP contribution in [0.1, 0.15) is 16.7 Å². The van der Waals surface area contributed by atoms with Crippen molar-refractivity contribution in [2.24, 2.45) is 0 Å². The molecule has 0 amide bonds. The molecule has 0 N–H and O–H groups in total. The normalized spacial score (nSPS) is 15.7. The minimum absolute atomic E-state index is 0.197. The Morgan fingerprint density at radius 2 is 1.65 bits per heavy atom. The second-order valence-corrected chi connectivity index (χ2v) is 6.15. The van der Waals surface area contributed by atoms with E-state index in [1.807, 2.05) is 12.1 Å². The molecule has 1 aliphatic rings. The molecular formula is C17H17BrFN. The van der Waals surface area contributed by atoms with Crippen molar-refractivity contribution in [3.05, 3.63) is 69.4 Å². The maximum absolute atomic E-state index is 13.3. The van der Waals surface area contributed by atoms with Crippen LogP contribution >= 0.6 is 15.9 Å². The van der Waals surface area contributed by atoms with E-state index in [9.17, 15) is 4.39 Å². The average Bonchev–Trinajstić information content (AvgIpc) is 2.66. The standard InChI is InChI=1S/C17H17BrFN/c18-16-11-13(5-6-17(16)19)12-20-9-7-14-3-1-2-4-15(14)8-10-20/h1-6,11H,7-10,12H2. The second-order valence-electron chi connectivity index (χ2n) is 5.29. The fourth-order valence-corrected chi connectivity index (χ4v) is 3.19. The van der Waals surface area contributed by atoms with Crippen molar-refractivity contribution in [2.75, 3.05) is 13.1 Å². The van der Waals surface area contributed by atoms with E-state index < -0.39 is 0 Å². The summed E-state index contributed by atoms with van der Waals surface area (Å²) in [7, 11) is 0. The molecule has 0 saturated carbocycles. The quantitative estimate of drug-likeness (QED) is 0.796. The van der Waals surface area contributed by atoms with Crippen molar-refractivity contribution in [3.63, 3.8) is 0 Å². The van der Waals surface area contributed by atoms with Crippen LogP contribution in [-0.4, -0.2) is 18.0 Å². The van der Waals surface area contributed by atoms with Gasteiger partial charge in [-0.3, -0.25) is 4.90 Å². The molecule has 1 nitrogen and oxygen atoms in total. The highest BCUT2D eigenvalue weighted by Crippen LogP contribution is 2.20. The summed E-state index contributed by atoms with van der Waals surface area (Å²) in [5.74, 6) is -0.197. The lowest BCUT2D eigenvalue weighted by Gasteiger charge is -2.20. The van der Waals surface area contributed by atoms with Gasteiger partial charge in [-0.05, 0) is 57.6 Å². The number of hydrogen-bond acceptors (Lipinski definition) is 1. The van der Waals surface area contributed by atoms with E-state index in [0.717, 1.165) is 38.0 Å². The van der Waals surface area contributed by atoms with Crippen LogP contribution in [0.2, 0.25) is 0 Å². The van der Waals surface area contributed by atoms with Crippen molar-refractivity contribution >= 4 is 15.9 Å². The summed E-state index contributed by atoms with van der Waals surface area (Å²) in [6.45, 7) is 3.00. The summed E-state index contributed by atoms with van der Waals surface area (Å²) >= 11 is 3.26. The first-order chi connectivity index (χ1) is 9.72. The van der Waals surface area contributed by atoms with Crippen molar-refractivity contribution in [1.29, 1.82) is 0 Å². The third-order valence-corrected chi connectivity index (χ3v) is 4.51. The molecule has 0 radical (unpaired) electrons. The molecule has 0 atom stereocenters. The number of fused-ring (bicyclic) bond motifs is 1. The van der Waals surface area contributed by atoms with Gasteiger partial charge in [-0.15, -0.1) is 0 Å². The SMILES string of the molecule is Fc1ccc(CN2CCc3ccccc3CC2)cc1Br. The molecule has 20 heavy (non-hydrogen) atoms. The van der Waals surface area contributed by atoms with Crippen molar-refractivity contribution in [2.45, 2.75) is 19.4 Å². The molecule has 3 rings (SSSR count). The molecule has 104 valence electrons. The summed E-state index contributed by atoms with van der Waals surface area (Å²) in [5, 5.41) is 0. The van der Waals surface area contributed by atoms with Crippen LogP contribution in [0.3, 0.4) is 0 Å². The number of rotatable bonds is 2. The number of benzene rings is 2. The smallest absolute Gasteiger partial charge is 0.137 e. The van der Waals surface area contributed by atoms with Gasteiger partial charge in [-0.25, -0.2) is 4.39 Å². The van der Waals surface area contributed by atoms with Crippen LogP contribution in [0.15, 0.2) is 46.9 Å². The Morgan fingerprint density at radius 3 is 2.25 bits per heavy atom. The summed E-state index contributed by atoms with van der Waals surface area (Å²) in [6.07, 6.45) is 2.19. The zero-order valence-corrected chi connectivity index (χ0v) is 12.9. The lowest BCUT2D eigenvalue weighted by molar-refractivity contribution is 0.279. The minimum Gasteiger partial charge on any atom is -0.298 e. The van der Waals surface area contributed by atoms with E-state index in [-0.39, 0.29) is 5.82 Å². The van der Waals surface area contributed by atoms with E-state index in [0.29, 0.717) is 4.47 Å². The van der Waals surface area contributed by atoms with Gasteiger partial charge in [0.15, 0.2) is 0 Å². The van der Waals surface area contributed by atoms with Crippen LogP contribution in [0, 0.1) is 5.82 Å². The molecule has 0 saturated heterocycles. The Bertz CT molecular complexity index is 585. The van der Waals surface area contributed by atoms with Crippen molar-refractivity contribution in [1.82, 2.24) is 4.90 Å². The Hall–Kier alpha value is -1.19. The molecule has 2 aromatic carbocycles. The van der Waals surface area contributed by atoms with Gasteiger partial charge in [0.25, 0.3) is 0 Å². The molecule has 0 unspecified atom stereocenters. The molecule has 2 aromatic rings. The van der Waals surface area contributed by atoms with Gasteiger partial charge < -0.3 is 0 Å². The van der Waals surface area contributed by atoms with Gasteiger partial charge in [-0.2, -0.15) is 0 Å². The molecule has 0 fully saturated rings. The number of halogens is 2. The van der Waals surface area contributed by atoms with E-state index in [2.05, 4.69) is 45.1 Å². The molecular weight excluding hydrogens is 317 g/mol. The van der Waals surface area contributed by atoms with Crippen LogP contribution in [0.4, 0.5) is 4.39 Å². The minimum atomic E-state index is -0.197. The van der Waals surface area contributed by atoms with E-state index in [1.165, 1.54) is 17.2 Å². The van der Waals surface area contributed by atoms with E-state index in [4.69, 9.17) is 0 Å². The van der Waals surface area contributed by atoms with Gasteiger partial charge in [0.05, 0.1) is 4.47 Å². The molecule has 1 heterocycles. The first-order valence-corrected chi connectivity index (χ1v) is 7.75. The maximum atomic E-state index is 13.3. The highest BCUT2D eigenvalue weighted by molar-refractivity contribution is 9.10. The van der Waals surface area contributed by atoms with Gasteiger partial charge in [0.1, 0.15) is 5.82 Å². The van der Waals surface area contributed by atoms with Gasteiger partial charge in [-0.1, -0.05) is 30.3 Å². The molecule has 0 bridgehead atoms. The molecule has 0 aromatic heterocycles. The average molecular weight is 334 g/mol. The van der Waals surface area contributed by atoms with Gasteiger partial charge >= 0.3 is 0 Å². The summed E-state index contributed by atoms with van der Waals surface area (Å²) in [4.78, 5) is 2.44. The third kappa shape index (κ3) is 3.10. The summed E-state index contributed by atoms with van der Waals surface area (Å²) < 4.78 is 13.8. The van der Waals surface area contributed by atoms with E-state index >= 15 is 0 Å². The van der Waals surface area contributed by atoms with Crippen molar-refractivity contribution < 1.29 is 4.39 Å². The maximum Gasteiger partial charge on any atom is 0.137 e. The Labute approximate surface area is 127 Å². The molecule has 1 aliphatic heterocycles. The highest BCUT2D eigenvalue weighted by Gasteiger charge is 2.14. The molecule has 3 heteroatoms. The van der Waals surface area contributed by atoms with Crippen molar-refractivity contribution in [3.8, 4) is 0 Å². The van der Waals surface area contributed by atoms with Gasteiger partial charge in [0.2, 0.25) is 0 Å². The second kappa shape index (κ2) is 6.06. The largest absolute Gasteiger partial charge is 0.298 e. The number of hydrogen-bond donors (Lipinski definition) is 0. The fourth-order valence-electron chi connectivity index (χ4n) is 2.77. The Morgan fingerprint density at radius 1 is 1.00 bits per heavy atom. The molecule has 0 aliphatic carbocycles. The van der Waals surface area contributed by atoms with Gasteiger partial charge in [0, 0.05) is 19.6 Å². The van der Waals surface area contributed by atoms with Crippen LogP contribution in [0.5, 0.6) is 0 Å². The lowest BCUT2D eigenvalue weighted by Crippen LogP contribution is -2.25. The topological polar surface area (TPSA) is 3.24 Å². The fraction of sp³-hybridized carbons (Fsp3) is 0.294. The highest BCUT2D eigenvalue weighted by atomic mass is 79.9. The lowest BCUT2D eigenvalue weighted by atomic mass is 10.0. The summed E-state index contributed by atoms with van der Waals surface area (Å²) in [5.41, 5.74) is 4.09. The zero-order valence-electron chi connectivity index (χ0n) is 11.3. The predicted molar refractivity (Wildman–Crippen MR) is 83.2 cm³/mol. The first kappa shape index (κ1) is 13.8. The van der Waals surface area contributed by atoms with E-state index in [1.54, 1.807) is 0 Å². The zero-order chi connectivity index (χ0) is 13.9. The predicted octanol–water partition coefficient (Wildman–Crippen LogP) is 4.19. The molecule has 0 spiro atoms. The third-order valence-electron chi connectivity index (χ3n) is 3.90.